The Labute approximate surface area is 194 Å². The van der Waals surface area contributed by atoms with Crippen LogP contribution in [0.1, 0.15) is 17.8 Å². The molecule has 1 aliphatic rings. The van der Waals surface area contributed by atoms with Crippen LogP contribution in [-0.2, 0) is 12.7 Å². The maximum atomic E-state index is 12.8. The third kappa shape index (κ3) is 5.81. The minimum Gasteiger partial charge on any atom is -0.495 e. The zero-order valence-electron chi connectivity index (χ0n) is 18.6. The number of para-hydroxylation sites is 2. The molecule has 0 saturated carbocycles. The molecule has 1 aliphatic heterocycles. The van der Waals surface area contributed by atoms with Crippen molar-refractivity contribution in [3.8, 4) is 5.75 Å². The van der Waals surface area contributed by atoms with Crippen molar-refractivity contribution in [1.29, 1.82) is 0 Å². The standard InChI is InChI=1S/C22H25F3N8O/c1-34-17-6-3-2-5-16(17)28-21-30-18(29-20(26)31-21)14-32-9-4-10-33(12-11-32)19-8-7-15(13-27-19)22(23,24)25/h2-3,5-8,13H,4,9-12,14H2,1H3,(H3,26,28,29,30,31). The van der Waals surface area contributed by atoms with E-state index >= 15 is 0 Å². The molecule has 9 nitrogen and oxygen atoms in total. The molecular formula is C22H25F3N8O. The summed E-state index contributed by atoms with van der Waals surface area (Å²) >= 11 is 0. The van der Waals surface area contributed by atoms with Crippen molar-refractivity contribution >= 4 is 23.4 Å². The maximum absolute atomic E-state index is 12.8. The van der Waals surface area contributed by atoms with E-state index in [1.807, 2.05) is 29.2 Å². The zero-order chi connectivity index (χ0) is 24.1. The molecule has 3 heterocycles. The predicted molar refractivity (Wildman–Crippen MR) is 122 cm³/mol. The van der Waals surface area contributed by atoms with E-state index in [-0.39, 0.29) is 5.95 Å². The molecule has 180 valence electrons. The third-order valence-electron chi connectivity index (χ3n) is 5.41. The Morgan fingerprint density at radius 2 is 1.85 bits per heavy atom. The lowest BCUT2D eigenvalue weighted by molar-refractivity contribution is -0.137. The van der Waals surface area contributed by atoms with E-state index in [9.17, 15) is 13.2 Å². The van der Waals surface area contributed by atoms with Crippen molar-refractivity contribution in [3.63, 3.8) is 0 Å². The number of benzene rings is 1. The fourth-order valence-electron chi connectivity index (χ4n) is 3.73. The van der Waals surface area contributed by atoms with Gasteiger partial charge in [-0.3, -0.25) is 4.90 Å². The van der Waals surface area contributed by atoms with Crippen molar-refractivity contribution < 1.29 is 17.9 Å². The normalized spacial score (nSPS) is 15.1. The molecule has 0 spiro atoms. The average Bonchev–Trinajstić information content (AvgIpc) is 3.04. The monoisotopic (exact) mass is 474 g/mol. The largest absolute Gasteiger partial charge is 0.495 e. The Balaban J connectivity index is 1.40. The van der Waals surface area contributed by atoms with E-state index in [1.165, 1.54) is 6.07 Å². The Hall–Kier alpha value is -3.67. The van der Waals surface area contributed by atoms with Gasteiger partial charge in [-0.15, -0.1) is 0 Å². The van der Waals surface area contributed by atoms with Crippen LogP contribution in [0, 0.1) is 0 Å². The highest BCUT2D eigenvalue weighted by molar-refractivity contribution is 5.62. The van der Waals surface area contributed by atoms with Crippen LogP contribution in [0.5, 0.6) is 5.75 Å². The second kappa shape index (κ2) is 10.1. The van der Waals surface area contributed by atoms with Crippen LogP contribution in [0.25, 0.3) is 0 Å². The molecule has 4 rings (SSSR count). The number of nitrogen functional groups attached to an aromatic ring is 1. The maximum Gasteiger partial charge on any atom is 0.417 e. The number of nitrogens with zero attached hydrogens (tertiary/aromatic N) is 6. The number of anilines is 4. The van der Waals surface area contributed by atoms with Crippen LogP contribution >= 0.6 is 0 Å². The number of halogens is 3. The number of alkyl halides is 3. The van der Waals surface area contributed by atoms with E-state index < -0.39 is 11.7 Å². The summed E-state index contributed by atoms with van der Waals surface area (Å²) in [6, 6.07) is 9.88. The smallest absolute Gasteiger partial charge is 0.417 e. The van der Waals surface area contributed by atoms with E-state index in [0.717, 1.165) is 25.2 Å². The van der Waals surface area contributed by atoms with Crippen LogP contribution in [0.15, 0.2) is 42.6 Å². The molecule has 0 bridgehead atoms. The lowest BCUT2D eigenvalue weighted by Gasteiger charge is -2.22. The fourth-order valence-corrected chi connectivity index (χ4v) is 3.73. The van der Waals surface area contributed by atoms with Gasteiger partial charge in [-0.2, -0.15) is 28.1 Å². The number of hydrogen-bond acceptors (Lipinski definition) is 9. The highest BCUT2D eigenvalue weighted by Crippen LogP contribution is 2.29. The predicted octanol–water partition coefficient (Wildman–Crippen LogP) is 3.33. The lowest BCUT2D eigenvalue weighted by Crippen LogP contribution is -2.31. The van der Waals surface area contributed by atoms with Crippen LogP contribution < -0.4 is 20.7 Å². The van der Waals surface area contributed by atoms with E-state index in [2.05, 4.69) is 30.2 Å². The van der Waals surface area contributed by atoms with Gasteiger partial charge in [0.1, 0.15) is 17.4 Å². The summed E-state index contributed by atoms with van der Waals surface area (Å²) in [5.74, 6) is 2.12. The van der Waals surface area contributed by atoms with Crippen molar-refractivity contribution in [2.24, 2.45) is 0 Å². The van der Waals surface area contributed by atoms with Crippen molar-refractivity contribution in [2.45, 2.75) is 19.1 Å². The summed E-state index contributed by atoms with van der Waals surface area (Å²) < 4.78 is 43.8. The number of nitrogens with one attached hydrogen (secondary N) is 1. The van der Waals surface area contributed by atoms with Gasteiger partial charge in [-0.25, -0.2) is 4.98 Å². The summed E-state index contributed by atoms with van der Waals surface area (Å²) in [6.45, 7) is 3.21. The average molecular weight is 474 g/mol. The molecule has 1 saturated heterocycles. The summed E-state index contributed by atoms with van der Waals surface area (Å²) in [5.41, 5.74) is 5.86. The summed E-state index contributed by atoms with van der Waals surface area (Å²) in [4.78, 5) is 21.1. The number of hydrogen-bond donors (Lipinski definition) is 2. The molecule has 0 amide bonds. The van der Waals surface area contributed by atoms with Crippen LogP contribution in [0.4, 0.5) is 36.6 Å². The van der Waals surface area contributed by atoms with Gasteiger partial charge in [0.2, 0.25) is 11.9 Å². The number of nitrogens with two attached hydrogens (primary N) is 1. The number of rotatable bonds is 6. The Morgan fingerprint density at radius 1 is 1.03 bits per heavy atom. The van der Waals surface area contributed by atoms with E-state index in [0.29, 0.717) is 55.2 Å². The Bertz CT molecular complexity index is 1110. The van der Waals surface area contributed by atoms with Gasteiger partial charge in [0, 0.05) is 32.4 Å². The number of ether oxygens (including phenoxy) is 1. The molecule has 12 heteroatoms. The summed E-state index contributed by atoms with van der Waals surface area (Å²) in [5, 5.41) is 3.12. The molecule has 34 heavy (non-hydrogen) atoms. The molecule has 2 aromatic heterocycles. The number of aromatic nitrogens is 4. The van der Waals surface area contributed by atoms with Gasteiger partial charge < -0.3 is 20.7 Å². The van der Waals surface area contributed by atoms with Gasteiger partial charge in [0.25, 0.3) is 0 Å². The van der Waals surface area contributed by atoms with Crippen molar-refractivity contribution in [1.82, 2.24) is 24.8 Å². The molecule has 3 aromatic rings. The van der Waals surface area contributed by atoms with Gasteiger partial charge >= 0.3 is 6.18 Å². The number of methoxy groups -OCH3 is 1. The SMILES string of the molecule is COc1ccccc1Nc1nc(N)nc(CN2CCCN(c3ccc(C(F)(F)F)cn3)CC2)n1. The first-order chi connectivity index (χ1) is 16.3. The van der Waals surface area contributed by atoms with Crippen molar-refractivity contribution in [2.75, 3.05) is 49.2 Å². The van der Waals surface area contributed by atoms with Crippen molar-refractivity contribution in [3.05, 3.63) is 54.0 Å². The Kier molecular flexibility index (Phi) is 6.96. The second-order valence-corrected chi connectivity index (χ2v) is 7.78. The van der Waals surface area contributed by atoms with Crippen LogP contribution in [0.2, 0.25) is 0 Å². The molecule has 1 fully saturated rings. The zero-order valence-corrected chi connectivity index (χ0v) is 18.6. The minimum absolute atomic E-state index is 0.104. The second-order valence-electron chi connectivity index (χ2n) is 7.78. The lowest BCUT2D eigenvalue weighted by atomic mass is 10.2. The van der Waals surface area contributed by atoms with Crippen LogP contribution in [0.3, 0.4) is 0 Å². The minimum atomic E-state index is -4.40. The van der Waals surface area contributed by atoms with Crippen LogP contribution in [-0.4, -0.2) is 58.1 Å². The highest BCUT2D eigenvalue weighted by atomic mass is 19.4. The molecule has 0 atom stereocenters. The Morgan fingerprint density at radius 3 is 2.59 bits per heavy atom. The molecule has 3 N–H and O–H groups in total. The summed E-state index contributed by atoms with van der Waals surface area (Å²) in [6.07, 6.45) is -2.70. The fraction of sp³-hybridized carbons (Fsp3) is 0.364. The first-order valence-electron chi connectivity index (χ1n) is 10.7. The molecule has 0 radical (unpaired) electrons. The number of pyridine rings is 1. The first-order valence-corrected chi connectivity index (χ1v) is 10.7. The molecule has 0 unspecified atom stereocenters. The van der Waals surface area contributed by atoms with Gasteiger partial charge in [-0.05, 0) is 30.7 Å². The first kappa shape index (κ1) is 23.5. The highest BCUT2D eigenvalue weighted by Gasteiger charge is 2.31. The van der Waals surface area contributed by atoms with Gasteiger partial charge in [0.05, 0.1) is 24.9 Å². The molecule has 0 aliphatic carbocycles. The summed E-state index contributed by atoms with van der Waals surface area (Å²) in [7, 11) is 1.58. The van der Waals surface area contributed by atoms with E-state index in [1.54, 1.807) is 7.11 Å². The topological polar surface area (TPSA) is 105 Å². The molecular weight excluding hydrogens is 449 g/mol. The third-order valence-corrected chi connectivity index (χ3v) is 5.41. The van der Waals surface area contributed by atoms with Gasteiger partial charge in [0.15, 0.2) is 0 Å². The molecule has 1 aromatic carbocycles. The quantitative estimate of drug-likeness (QED) is 0.556. The van der Waals surface area contributed by atoms with Gasteiger partial charge in [-0.1, -0.05) is 12.1 Å². The van der Waals surface area contributed by atoms with E-state index in [4.69, 9.17) is 10.5 Å².